The standard InChI is InChI=1S/C16H23N3O2/c1-5-15-17-13-7-6-12(16(20)21)10-14(13)19(15)9-8-18(4)11(2)3/h6-7,10-11H,5,8-9H2,1-4H3,(H,20,21). The maximum atomic E-state index is 11.1. The fourth-order valence-corrected chi connectivity index (χ4v) is 2.34. The molecule has 5 heteroatoms. The molecule has 1 aromatic carbocycles. The predicted octanol–water partition coefficient (Wildman–Crippen LogP) is 2.64. The van der Waals surface area contributed by atoms with Gasteiger partial charge in [-0.05, 0) is 39.1 Å². The van der Waals surface area contributed by atoms with Crippen LogP contribution in [0, 0.1) is 0 Å². The number of fused-ring (bicyclic) bond motifs is 1. The number of likely N-dealkylation sites (N-methyl/N-ethyl adjacent to an activating group) is 1. The van der Waals surface area contributed by atoms with E-state index in [2.05, 4.69) is 42.3 Å². The topological polar surface area (TPSA) is 58.4 Å². The Labute approximate surface area is 125 Å². The van der Waals surface area contributed by atoms with Crippen molar-refractivity contribution in [3.63, 3.8) is 0 Å². The Hall–Kier alpha value is -1.88. The summed E-state index contributed by atoms with van der Waals surface area (Å²) in [5.74, 6) is 0.103. The van der Waals surface area contributed by atoms with Gasteiger partial charge in [-0.2, -0.15) is 0 Å². The van der Waals surface area contributed by atoms with E-state index in [1.807, 2.05) is 0 Å². The summed E-state index contributed by atoms with van der Waals surface area (Å²) >= 11 is 0. The molecule has 0 atom stereocenters. The molecule has 5 nitrogen and oxygen atoms in total. The van der Waals surface area contributed by atoms with Gasteiger partial charge < -0.3 is 14.6 Å². The highest BCUT2D eigenvalue weighted by Crippen LogP contribution is 2.19. The van der Waals surface area contributed by atoms with Crippen LogP contribution in [0.25, 0.3) is 11.0 Å². The van der Waals surface area contributed by atoms with Gasteiger partial charge in [0.25, 0.3) is 0 Å². The van der Waals surface area contributed by atoms with Gasteiger partial charge in [-0.3, -0.25) is 0 Å². The van der Waals surface area contributed by atoms with Crippen molar-refractivity contribution in [1.82, 2.24) is 14.5 Å². The van der Waals surface area contributed by atoms with Gasteiger partial charge >= 0.3 is 5.97 Å². The molecule has 0 bridgehead atoms. The summed E-state index contributed by atoms with van der Waals surface area (Å²) in [5, 5.41) is 9.15. The Kier molecular flexibility index (Phi) is 4.63. The number of carbonyl (C=O) groups is 1. The van der Waals surface area contributed by atoms with Crippen molar-refractivity contribution in [3.8, 4) is 0 Å². The third-order valence-electron chi connectivity index (χ3n) is 3.95. The number of aromatic carboxylic acids is 1. The number of rotatable bonds is 6. The third kappa shape index (κ3) is 3.24. The number of carboxylic acid groups (broad SMARTS) is 1. The first-order valence-corrected chi connectivity index (χ1v) is 7.36. The average Bonchev–Trinajstić information content (AvgIpc) is 2.81. The monoisotopic (exact) mass is 289 g/mol. The zero-order valence-corrected chi connectivity index (χ0v) is 13.1. The summed E-state index contributed by atoms with van der Waals surface area (Å²) in [5.41, 5.74) is 2.08. The quantitative estimate of drug-likeness (QED) is 0.888. The molecule has 0 amide bonds. The Morgan fingerprint density at radius 2 is 2.14 bits per heavy atom. The van der Waals surface area contributed by atoms with Gasteiger partial charge in [-0.25, -0.2) is 9.78 Å². The average molecular weight is 289 g/mol. The van der Waals surface area contributed by atoms with Crippen LogP contribution in [0.15, 0.2) is 18.2 Å². The maximum absolute atomic E-state index is 11.1. The van der Waals surface area contributed by atoms with Crippen molar-refractivity contribution in [2.75, 3.05) is 13.6 Å². The molecule has 1 aromatic heterocycles. The molecule has 0 aliphatic carbocycles. The van der Waals surface area contributed by atoms with Crippen LogP contribution in [0.4, 0.5) is 0 Å². The summed E-state index contributed by atoms with van der Waals surface area (Å²) in [4.78, 5) is 18.0. The number of carboxylic acids is 1. The normalized spacial score (nSPS) is 11.7. The van der Waals surface area contributed by atoms with Crippen LogP contribution >= 0.6 is 0 Å². The highest BCUT2D eigenvalue weighted by Gasteiger charge is 2.13. The molecule has 0 fully saturated rings. The molecule has 2 aromatic rings. The number of hydrogen-bond donors (Lipinski definition) is 1. The maximum Gasteiger partial charge on any atom is 0.335 e. The highest BCUT2D eigenvalue weighted by atomic mass is 16.4. The number of imidazole rings is 1. The molecule has 2 rings (SSSR count). The summed E-state index contributed by atoms with van der Waals surface area (Å²) in [6, 6.07) is 5.61. The Bertz CT molecular complexity index is 646. The first-order valence-electron chi connectivity index (χ1n) is 7.36. The Morgan fingerprint density at radius 1 is 1.43 bits per heavy atom. The van der Waals surface area contributed by atoms with Crippen molar-refractivity contribution >= 4 is 17.0 Å². The van der Waals surface area contributed by atoms with E-state index in [-0.39, 0.29) is 0 Å². The van der Waals surface area contributed by atoms with E-state index in [1.54, 1.807) is 18.2 Å². The lowest BCUT2D eigenvalue weighted by Crippen LogP contribution is -2.30. The first kappa shape index (κ1) is 15.5. The first-order chi connectivity index (χ1) is 9.93. The van der Waals surface area contributed by atoms with Crippen LogP contribution in [-0.2, 0) is 13.0 Å². The lowest BCUT2D eigenvalue weighted by molar-refractivity contribution is 0.0697. The van der Waals surface area contributed by atoms with Crippen molar-refractivity contribution in [2.45, 2.75) is 39.8 Å². The lowest BCUT2D eigenvalue weighted by Gasteiger charge is -2.21. The van der Waals surface area contributed by atoms with Crippen LogP contribution in [0.5, 0.6) is 0 Å². The number of aryl methyl sites for hydroxylation is 1. The second-order valence-electron chi connectivity index (χ2n) is 5.62. The van der Waals surface area contributed by atoms with Crippen molar-refractivity contribution in [1.29, 1.82) is 0 Å². The minimum Gasteiger partial charge on any atom is -0.478 e. The zero-order chi connectivity index (χ0) is 15.6. The smallest absolute Gasteiger partial charge is 0.335 e. The van der Waals surface area contributed by atoms with Gasteiger partial charge in [-0.1, -0.05) is 6.92 Å². The van der Waals surface area contributed by atoms with Gasteiger partial charge in [0.05, 0.1) is 16.6 Å². The van der Waals surface area contributed by atoms with Gasteiger partial charge in [0, 0.05) is 25.6 Å². The van der Waals surface area contributed by atoms with Gasteiger partial charge in [0.1, 0.15) is 5.82 Å². The van der Waals surface area contributed by atoms with E-state index in [0.29, 0.717) is 11.6 Å². The van der Waals surface area contributed by atoms with Crippen LogP contribution in [0.1, 0.15) is 37.0 Å². The fourth-order valence-electron chi connectivity index (χ4n) is 2.34. The van der Waals surface area contributed by atoms with E-state index in [0.717, 1.165) is 36.4 Å². The van der Waals surface area contributed by atoms with Crippen molar-refractivity contribution in [2.24, 2.45) is 0 Å². The summed E-state index contributed by atoms with van der Waals surface area (Å²) in [7, 11) is 2.10. The van der Waals surface area contributed by atoms with Gasteiger partial charge in [-0.15, -0.1) is 0 Å². The molecule has 114 valence electrons. The van der Waals surface area contributed by atoms with Crippen LogP contribution in [-0.4, -0.2) is 45.2 Å². The molecular weight excluding hydrogens is 266 g/mol. The number of hydrogen-bond acceptors (Lipinski definition) is 3. The highest BCUT2D eigenvalue weighted by molar-refractivity contribution is 5.92. The van der Waals surface area contributed by atoms with Gasteiger partial charge in [0.15, 0.2) is 0 Å². The molecule has 0 saturated carbocycles. The van der Waals surface area contributed by atoms with Gasteiger partial charge in [0.2, 0.25) is 0 Å². The summed E-state index contributed by atoms with van der Waals surface area (Å²) in [6.45, 7) is 8.12. The molecule has 21 heavy (non-hydrogen) atoms. The summed E-state index contributed by atoms with van der Waals surface area (Å²) in [6.07, 6.45) is 0.836. The summed E-state index contributed by atoms with van der Waals surface area (Å²) < 4.78 is 2.14. The van der Waals surface area contributed by atoms with Crippen LogP contribution in [0.3, 0.4) is 0 Å². The number of nitrogens with zero attached hydrogens (tertiary/aromatic N) is 3. The lowest BCUT2D eigenvalue weighted by atomic mass is 10.2. The van der Waals surface area contributed by atoms with Crippen LogP contribution in [0.2, 0.25) is 0 Å². The fraction of sp³-hybridized carbons (Fsp3) is 0.500. The minimum absolute atomic E-state index is 0.309. The molecule has 0 spiro atoms. The SMILES string of the molecule is CCc1nc2ccc(C(=O)O)cc2n1CCN(C)C(C)C. The predicted molar refractivity (Wildman–Crippen MR) is 83.8 cm³/mol. The van der Waals surface area contributed by atoms with Crippen molar-refractivity contribution < 1.29 is 9.90 Å². The largest absolute Gasteiger partial charge is 0.478 e. The number of aromatic nitrogens is 2. The van der Waals surface area contributed by atoms with Crippen LogP contribution < -0.4 is 0 Å². The molecule has 1 heterocycles. The molecule has 0 aliphatic rings. The minimum atomic E-state index is -0.901. The second-order valence-corrected chi connectivity index (χ2v) is 5.62. The molecular formula is C16H23N3O2. The molecule has 0 unspecified atom stereocenters. The van der Waals surface area contributed by atoms with E-state index < -0.39 is 5.97 Å². The zero-order valence-electron chi connectivity index (χ0n) is 13.1. The molecule has 0 radical (unpaired) electrons. The van der Waals surface area contributed by atoms with E-state index in [4.69, 9.17) is 5.11 Å². The van der Waals surface area contributed by atoms with E-state index in [9.17, 15) is 4.79 Å². The third-order valence-corrected chi connectivity index (χ3v) is 3.95. The molecule has 1 N–H and O–H groups in total. The molecule has 0 saturated heterocycles. The Morgan fingerprint density at radius 3 is 2.71 bits per heavy atom. The van der Waals surface area contributed by atoms with E-state index in [1.165, 1.54) is 0 Å². The number of benzene rings is 1. The van der Waals surface area contributed by atoms with E-state index >= 15 is 0 Å². The molecule has 0 aliphatic heterocycles. The van der Waals surface area contributed by atoms with Crippen molar-refractivity contribution in [3.05, 3.63) is 29.6 Å². The second kappa shape index (κ2) is 6.26. The Balaban J connectivity index is 2.39.